The van der Waals surface area contributed by atoms with Crippen molar-refractivity contribution in [3.05, 3.63) is 18.2 Å². The SMILES string of the molecule is CCOc1cccc(OCC2CCCO2)c1N. The molecule has 2 N–H and O–H groups in total. The molecule has 1 aromatic rings. The van der Waals surface area contributed by atoms with Crippen molar-refractivity contribution < 1.29 is 14.2 Å². The van der Waals surface area contributed by atoms with E-state index in [1.165, 1.54) is 0 Å². The Kier molecular flexibility index (Phi) is 4.09. The summed E-state index contributed by atoms with van der Waals surface area (Å²) in [5.74, 6) is 1.35. The van der Waals surface area contributed by atoms with Gasteiger partial charge in [-0.2, -0.15) is 0 Å². The van der Waals surface area contributed by atoms with Gasteiger partial charge in [-0.25, -0.2) is 0 Å². The van der Waals surface area contributed by atoms with Crippen molar-refractivity contribution in [2.75, 3.05) is 25.6 Å². The lowest BCUT2D eigenvalue weighted by Crippen LogP contribution is -2.16. The highest BCUT2D eigenvalue weighted by molar-refractivity contribution is 5.62. The minimum atomic E-state index is 0.199. The van der Waals surface area contributed by atoms with Crippen LogP contribution in [0.1, 0.15) is 19.8 Å². The Morgan fingerprint density at radius 3 is 2.76 bits per heavy atom. The smallest absolute Gasteiger partial charge is 0.146 e. The fourth-order valence-electron chi connectivity index (χ4n) is 1.89. The van der Waals surface area contributed by atoms with Crippen LogP contribution in [-0.4, -0.2) is 25.9 Å². The molecule has 4 heteroatoms. The summed E-state index contributed by atoms with van der Waals surface area (Å²) in [6.07, 6.45) is 2.37. The normalized spacial score (nSPS) is 19.2. The fourth-order valence-corrected chi connectivity index (χ4v) is 1.89. The van der Waals surface area contributed by atoms with E-state index in [0.29, 0.717) is 30.4 Å². The first-order valence-electron chi connectivity index (χ1n) is 6.07. The van der Waals surface area contributed by atoms with Gasteiger partial charge in [0.1, 0.15) is 23.8 Å². The largest absolute Gasteiger partial charge is 0.492 e. The highest BCUT2D eigenvalue weighted by Crippen LogP contribution is 2.31. The van der Waals surface area contributed by atoms with Crippen LogP contribution in [0.5, 0.6) is 11.5 Å². The van der Waals surface area contributed by atoms with E-state index in [1.54, 1.807) is 0 Å². The molecule has 1 aliphatic rings. The predicted octanol–water partition coefficient (Wildman–Crippen LogP) is 2.23. The van der Waals surface area contributed by atoms with Crippen molar-refractivity contribution in [1.82, 2.24) is 0 Å². The first-order chi connectivity index (χ1) is 8.31. The van der Waals surface area contributed by atoms with Crippen molar-refractivity contribution in [1.29, 1.82) is 0 Å². The van der Waals surface area contributed by atoms with Crippen LogP contribution >= 0.6 is 0 Å². The standard InChI is InChI=1S/C13H19NO3/c1-2-15-11-6-3-7-12(13(11)14)17-9-10-5-4-8-16-10/h3,6-7,10H,2,4-5,8-9,14H2,1H3. The third-order valence-corrected chi connectivity index (χ3v) is 2.77. The molecule has 1 aliphatic heterocycles. The second-order valence-corrected chi connectivity index (χ2v) is 4.05. The Balaban J connectivity index is 1.97. The molecule has 1 aromatic carbocycles. The summed E-state index contributed by atoms with van der Waals surface area (Å²) in [5.41, 5.74) is 6.53. The van der Waals surface area contributed by atoms with Gasteiger partial charge >= 0.3 is 0 Å². The molecule has 1 saturated heterocycles. The number of hydrogen-bond acceptors (Lipinski definition) is 4. The van der Waals surface area contributed by atoms with Crippen molar-refractivity contribution in [3.8, 4) is 11.5 Å². The summed E-state index contributed by atoms with van der Waals surface area (Å²) in [5, 5.41) is 0. The van der Waals surface area contributed by atoms with E-state index in [4.69, 9.17) is 19.9 Å². The van der Waals surface area contributed by atoms with Crippen molar-refractivity contribution >= 4 is 5.69 Å². The number of hydrogen-bond donors (Lipinski definition) is 1. The monoisotopic (exact) mass is 237 g/mol. The Morgan fingerprint density at radius 2 is 2.12 bits per heavy atom. The molecule has 0 saturated carbocycles. The highest BCUT2D eigenvalue weighted by Gasteiger charge is 2.17. The summed E-state index contributed by atoms with van der Waals surface area (Å²) >= 11 is 0. The summed E-state index contributed by atoms with van der Waals surface area (Å²) in [7, 11) is 0. The Hall–Kier alpha value is -1.42. The van der Waals surface area contributed by atoms with Crippen LogP contribution in [0.15, 0.2) is 18.2 Å². The molecular weight excluding hydrogens is 218 g/mol. The Bertz CT molecular complexity index is 362. The molecule has 94 valence electrons. The molecule has 0 radical (unpaired) electrons. The molecule has 0 aromatic heterocycles. The molecule has 1 unspecified atom stereocenters. The lowest BCUT2D eigenvalue weighted by Gasteiger charge is -2.15. The van der Waals surface area contributed by atoms with Gasteiger partial charge in [0.25, 0.3) is 0 Å². The van der Waals surface area contributed by atoms with Gasteiger partial charge in [0, 0.05) is 6.61 Å². The maximum Gasteiger partial charge on any atom is 0.146 e. The van der Waals surface area contributed by atoms with Crippen LogP contribution in [0.2, 0.25) is 0 Å². The van der Waals surface area contributed by atoms with E-state index in [2.05, 4.69) is 0 Å². The zero-order valence-electron chi connectivity index (χ0n) is 10.1. The van der Waals surface area contributed by atoms with E-state index in [0.717, 1.165) is 19.4 Å². The van der Waals surface area contributed by atoms with Gasteiger partial charge in [0.15, 0.2) is 0 Å². The van der Waals surface area contributed by atoms with E-state index in [-0.39, 0.29) is 6.10 Å². The molecule has 0 spiro atoms. The number of anilines is 1. The van der Waals surface area contributed by atoms with E-state index in [1.807, 2.05) is 25.1 Å². The maximum atomic E-state index is 5.96. The Morgan fingerprint density at radius 1 is 1.35 bits per heavy atom. The predicted molar refractivity (Wildman–Crippen MR) is 66.5 cm³/mol. The average molecular weight is 237 g/mol. The molecule has 0 amide bonds. The lowest BCUT2D eigenvalue weighted by molar-refractivity contribution is 0.0681. The van der Waals surface area contributed by atoms with Crippen LogP contribution in [-0.2, 0) is 4.74 Å². The van der Waals surface area contributed by atoms with Crippen molar-refractivity contribution in [2.24, 2.45) is 0 Å². The molecule has 17 heavy (non-hydrogen) atoms. The molecule has 2 rings (SSSR count). The zero-order valence-corrected chi connectivity index (χ0v) is 10.1. The van der Waals surface area contributed by atoms with E-state index >= 15 is 0 Å². The van der Waals surface area contributed by atoms with Crippen molar-refractivity contribution in [2.45, 2.75) is 25.9 Å². The second-order valence-electron chi connectivity index (χ2n) is 4.05. The van der Waals surface area contributed by atoms with Gasteiger partial charge < -0.3 is 19.9 Å². The molecular formula is C13H19NO3. The molecule has 0 bridgehead atoms. The number of nitrogen functional groups attached to an aromatic ring is 1. The van der Waals surface area contributed by atoms with Gasteiger partial charge in [0.2, 0.25) is 0 Å². The number of para-hydroxylation sites is 1. The summed E-state index contributed by atoms with van der Waals surface area (Å²) in [4.78, 5) is 0. The van der Waals surface area contributed by atoms with Crippen LogP contribution in [0.4, 0.5) is 5.69 Å². The Labute approximate surface area is 102 Å². The zero-order chi connectivity index (χ0) is 12.1. The van der Waals surface area contributed by atoms with Crippen molar-refractivity contribution in [3.63, 3.8) is 0 Å². The van der Waals surface area contributed by atoms with Gasteiger partial charge in [-0.05, 0) is 31.9 Å². The lowest BCUT2D eigenvalue weighted by atomic mass is 10.2. The number of rotatable bonds is 5. The quantitative estimate of drug-likeness (QED) is 0.798. The molecule has 1 heterocycles. The average Bonchev–Trinajstić information content (AvgIpc) is 2.83. The molecule has 4 nitrogen and oxygen atoms in total. The topological polar surface area (TPSA) is 53.7 Å². The first kappa shape index (κ1) is 12.0. The van der Waals surface area contributed by atoms with Crippen LogP contribution in [0.25, 0.3) is 0 Å². The highest BCUT2D eigenvalue weighted by atomic mass is 16.5. The summed E-state index contributed by atoms with van der Waals surface area (Å²) < 4.78 is 16.6. The fraction of sp³-hybridized carbons (Fsp3) is 0.538. The van der Waals surface area contributed by atoms with Gasteiger partial charge in [-0.15, -0.1) is 0 Å². The molecule has 1 fully saturated rings. The second kappa shape index (κ2) is 5.77. The van der Waals surface area contributed by atoms with Gasteiger partial charge in [-0.3, -0.25) is 0 Å². The minimum Gasteiger partial charge on any atom is -0.492 e. The summed E-state index contributed by atoms with van der Waals surface area (Å²) in [6.45, 7) is 3.92. The van der Waals surface area contributed by atoms with Crippen LogP contribution in [0, 0.1) is 0 Å². The van der Waals surface area contributed by atoms with Gasteiger partial charge in [0.05, 0.1) is 12.7 Å². The van der Waals surface area contributed by atoms with Gasteiger partial charge in [-0.1, -0.05) is 6.07 Å². The third-order valence-electron chi connectivity index (χ3n) is 2.77. The maximum absolute atomic E-state index is 5.96. The van der Waals surface area contributed by atoms with E-state index < -0.39 is 0 Å². The number of ether oxygens (including phenoxy) is 3. The third kappa shape index (κ3) is 3.03. The molecule has 1 atom stereocenters. The number of benzene rings is 1. The summed E-state index contributed by atoms with van der Waals surface area (Å²) in [6, 6.07) is 5.58. The van der Waals surface area contributed by atoms with Crippen LogP contribution in [0.3, 0.4) is 0 Å². The van der Waals surface area contributed by atoms with Crippen LogP contribution < -0.4 is 15.2 Å². The minimum absolute atomic E-state index is 0.199. The van der Waals surface area contributed by atoms with E-state index in [9.17, 15) is 0 Å². The first-order valence-corrected chi connectivity index (χ1v) is 6.07. The number of nitrogens with two attached hydrogens (primary N) is 1. The molecule has 0 aliphatic carbocycles.